The lowest BCUT2D eigenvalue weighted by Crippen LogP contribution is -2.49. The summed E-state index contributed by atoms with van der Waals surface area (Å²) >= 11 is 0. The molecule has 1 rings (SSSR count). The van der Waals surface area contributed by atoms with Crippen molar-refractivity contribution in [3.8, 4) is 0 Å². The maximum atomic E-state index is 11.7. The fourth-order valence-electron chi connectivity index (χ4n) is 1.87. The highest BCUT2D eigenvalue weighted by molar-refractivity contribution is 5.84. The Hall–Kier alpha value is -1.39. The third kappa shape index (κ3) is 5.72. The zero-order valence-electron chi connectivity index (χ0n) is 13.0. The van der Waals surface area contributed by atoms with E-state index in [1.807, 2.05) is 6.07 Å². The fourth-order valence-corrected chi connectivity index (χ4v) is 1.87. The van der Waals surface area contributed by atoms with Crippen LogP contribution in [0.2, 0.25) is 0 Å². The summed E-state index contributed by atoms with van der Waals surface area (Å²) in [6.45, 7) is 7.17. The maximum absolute atomic E-state index is 11.7. The third-order valence-electron chi connectivity index (χ3n) is 3.46. The summed E-state index contributed by atoms with van der Waals surface area (Å²) in [5, 5.41) is 2.88. The molecule has 0 heterocycles. The molecule has 0 aromatic heterocycles. The normalized spacial score (nSPS) is 13.3. The van der Waals surface area contributed by atoms with Crippen LogP contribution < -0.4 is 11.1 Å². The van der Waals surface area contributed by atoms with Gasteiger partial charge in [0.05, 0.1) is 5.54 Å². The number of nitrogens with two attached hydrogens (primary N) is 1. The first kappa shape index (κ1) is 16.7. The molecule has 1 amide bonds. The number of nitrogens with zero attached hydrogens (tertiary/aromatic N) is 1. The first-order chi connectivity index (χ1) is 9.30. The minimum absolute atomic E-state index is 0.101. The van der Waals surface area contributed by atoms with Crippen LogP contribution in [-0.4, -0.2) is 36.0 Å². The van der Waals surface area contributed by atoms with Gasteiger partial charge in [-0.25, -0.2) is 0 Å². The molecule has 0 spiro atoms. The Morgan fingerprint density at radius 3 is 2.50 bits per heavy atom. The van der Waals surface area contributed by atoms with Gasteiger partial charge in [-0.3, -0.25) is 9.69 Å². The van der Waals surface area contributed by atoms with E-state index in [-0.39, 0.29) is 5.91 Å². The summed E-state index contributed by atoms with van der Waals surface area (Å²) in [5.74, 6) is -0.101. The molecule has 0 aliphatic carbocycles. The van der Waals surface area contributed by atoms with E-state index in [4.69, 9.17) is 5.73 Å². The summed E-state index contributed by atoms with van der Waals surface area (Å²) < 4.78 is 0. The van der Waals surface area contributed by atoms with Crippen molar-refractivity contribution in [3.63, 3.8) is 0 Å². The van der Waals surface area contributed by atoms with E-state index in [0.717, 1.165) is 13.0 Å². The van der Waals surface area contributed by atoms with Crippen LogP contribution in [0.4, 0.5) is 0 Å². The minimum Gasteiger partial charge on any atom is -0.354 e. The van der Waals surface area contributed by atoms with E-state index in [1.54, 1.807) is 13.8 Å². The molecule has 0 saturated heterocycles. The lowest BCUT2D eigenvalue weighted by atomic mass is 10.1. The molecule has 112 valence electrons. The summed E-state index contributed by atoms with van der Waals surface area (Å²) in [6.07, 6.45) is 0.908. The van der Waals surface area contributed by atoms with Gasteiger partial charge in [0, 0.05) is 19.1 Å². The Labute approximate surface area is 122 Å². The number of rotatable bonds is 7. The van der Waals surface area contributed by atoms with Gasteiger partial charge in [0.15, 0.2) is 0 Å². The number of hydrogen-bond acceptors (Lipinski definition) is 3. The van der Waals surface area contributed by atoms with Gasteiger partial charge in [-0.15, -0.1) is 0 Å². The Bertz CT molecular complexity index is 411. The molecule has 1 aromatic carbocycles. The summed E-state index contributed by atoms with van der Waals surface area (Å²) in [5.41, 5.74) is 6.23. The summed E-state index contributed by atoms with van der Waals surface area (Å²) in [6, 6.07) is 10.8. The van der Waals surface area contributed by atoms with Gasteiger partial charge in [0.25, 0.3) is 0 Å². The van der Waals surface area contributed by atoms with Crippen LogP contribution in [0, 0.1) is 0 Å². The second-order valence-electron chi connectivity index (χ2n) is 6.02. The molecule has 4 heteroatoms. The van der Waals surface area contributed by atoms with Gasteiger partial charge in [-0.2, -0.15) is 0 Å². The summed E-state index contributed by atoms with van der Waals surface area (Å²) in [7, 11) is 2.10. The van der Waals surface area contributed by atoms with Crippen molar-refractivity contribution >= 4 is 5.91 Å². The predicted octanol–water partition coefficient (Wildman–Crippen LogP) is 1.75. The molecular formula is C16H27N3O. The molecule has 0 fully saturated rings. The van der Waals surface area contributed by atoms with E-state index in [2.05, 4.69) is 48.5 Å². The molecule has 0 radical (unpaired) electrons. The molecule has 1 atom stereocenters. The average molecular weight is 277 g/mol. The number of carbonyl (C=O) groups excluding carboxylic acids is 1. The van der Waals surface area contributed by atoms with Crippen LogP contribution in [0.25, 0.3) is 0 Å². The fraction of sp³-hybridized carbons (Fsp3) is 0.562. The maximum Gasteiger partial charge on any atom is 0.239 e. The minimum atomic E-state index is -0.806. The summed E-state index contributed by atoms with van der Waals surface area (Å²) in [4.78, 5) is 13.9. The van der Waals surface area contributed by atoms with Gasteiger partial charge >= 0.3 is 0 Å². The zero-order valence-corrected chi connectivity index (χ0v) is 13.0. The SMILES string of the molecule is CC(CCNC(=O)C(C)(C)N)N(C)Cc1ccccc1. The predicted molar refractivity (Wildman–Crippen MR) is 83.3 cm³/mol. The molecule has 0 bridgehead atoms. The van der Waals surface area contributed by atoms with Crippen molar-refractivity contribution in [1.29, 1.82) is 0 Å². The Morgan fingerprint density at radius 1 is 1.35 bits per heavy atom. The van der Waals surface area contributed by atoms with E-state index >= 15 is 0 Å². The molecule has 0 aliphatic heterocycles. The third-order valence-corrected chi connectivity index (χ3v) is 3.46. The van der Waals surface area contributed by atoms with E-state index in [0.29, 0.717) is 12.6 Å². The van der Waals surface area contributed by atoms with Crippen molar-refractivity contribution in [2.24, 2.45) is 5.73 Å². The first-order valence-corrected chi connectivity index (χ1v) is 7.12. The van der Waals surface area contributed by atoms with Gasteiger partial charge in [0.2, 0.25) is 5.91 Å². The first-order valence-electron chi connectivity index (χ1n) is 7.12. The van der Waals surface area contributed by atoms with Crippen LogP contribution in [0.1, 0.15) is 32.8 Å². The number of carbonyl (C=O) groups is 1. The lowest BCUT2D eigenvalue weighted by molar-refractivity contribution is -0.125. The van der Waals surface area contributed by atoms with Crippen LogP contribution in [0.3, 0.4) is 0 Å². The molecule has 4 nitrogen and oxygen atoms in total. The quantitative estimate of drug-likeness (QED) is 0.798. The van der Waals surface area contributed by atoms with Crippen LogP contribution >= 0.6 is 0 Å². The number of amides is 1. The van der Waals surface area contributed by atoms with E-state index in [1.165, 1.54) is 5.56 Å². The highest BCUT2D eigenvalue weighted by atomic mass is 16.2. The number of nitrogens with one attached hydrogen (secondary N) is 1. The van der Waals surface area contributed by atoms with Gasteiger partial charge < -0.3 is 11.1 Å². The monoisotopic (exact) mass is 277 g/mol. The topological polar surface area (TPSA) is 58.4 Å². The smallest absolute Gasteiger partial charge is 0.239 e. The van der Waals surface area contributed by atoms with E-state index < -0.39 is 5.54 Å². The second-order valence-corrected chi connectivity index (χ2v) is 6.02. The molecule has 3 N–H and O–H groups in total. The molecule has 0 aliphatic rings. The Morgan fingerprint density at radius 2 is 1.95 bits per heavy atom. The highest BCUT2D eigenvalue weighted by Crippen LogP contribution is 2.08. The number of benzene rings is 1. The van der Waals surface area contributed by atoms with Crippen molar-refractivity contribution in [3.05, 3.63) is 35.9 Å². The Balaban J connectivity index is 2.32. The second kappa shape index (κ2) is 7.41. The van der Waals surface area contributed by atoms with Crippen LogP contribution in [-0.2, 0) is 11.3 Å². The van der Waals surface area contributed by atoms with Gasteiger partial charge in [-0.1, -0.05) is 30.3 Å². The van der Waals surface area contributed by atoms with E-state index in [9.17, 15) is 4.79 Å². The largest absolute Gasteiger partial charge is 0.354 e. The van der Waals surface area contributed by atoms with Crippen molar-refractivity contribution < 1.29 is 4.79 Å². The standard InChI is InChI=1S/C16H27N3O/c1-13(10-11-18-15(20)16(2,3)17)19(4)12-14-8-6-5-7-9-14/h5-9,13H,10-12,17H2,1-4H3,(H,18,20). The average Bonchev–Trinajstić information content (AvgIpc) is 2.38. The van der Waals surface area contributed by atoms with Crippen molar-refractivity contribution in [1.82, 2.24) is 10.2 Å². The molecule has 1 aromatic rings. The highest BCUT2D eigenvalue weighted by Gasteiger charge is 2.21. The molecule has 20 heavy (non-hydrogen) atoms. The van der Waals surface area contributed by atoms with Gasteiger partial charge in [0.1, 0.15) is 0 Å². The van der Waals surface area contributed by atoms with Crippen LogP contribution in [0.5, 0.6) is 0 Å². The van der Waals surface area contributed by atoms with Gasteiger partial charge in [-0.05, 0) is 39.8 Å². The number of hydrogen-bond donors (Lipinski definition) is 2. The van der Waals surface area contributed by atoms with Crippen molar-refractivity contribution in [2.75, 3.05) is 13.6 Å². The lowest BCUT2D eigenvalue weighted by Gasteiger charge is -2.25. The van der Waals surface area contributed by atoms with Crippen LogP contribution in [0.15, 0.2) is 30.3 Å². The molecule has 1 unspecified atom stereocenters. The zero-order chi connectivity index (χ0) is 15.2. The Kier molecular flexibility index (Phi) is 6.17. The van der Waals surface area contributed by atoms with Crippen molar-refractivity contribution in [2.45, 2.75) is 45.3 Å². The molecular weight excluding hydrogens is 250 g/mol. The molecule has 0 saturated carbocycles.